The van der Waals surface area contributed by atoms with Crippen LogP contribution in [0.25, 0.3) is 16.7 Å². The molecule has 0 aliphatic rings. The van der Waals surface area contributed by atoms with Crippen LogP contribution in [0, 0.1) is 5.82 Å². The third-order valence-electron chi connectivity index (χ3n) is 3.90. The van der Waals surface area contributed by atoms with Gasteiger partial charge in [-0.15, -0.1) is 15.0 Å². The summed E-state index contributed by atoms with van der Waals surface area (Å²) in [6, 6.07) is 7.16. The van der Waals surface area contributed by atoms with E-state index in [4.69, 9.17) is 9.84 Å². The summed E-state index contributed by atoms with van der Waals surface area (Å²) >= 11 is 0. The van der Waals surface area contributed by atoms with Crippen LogP contribution in [0.1, 0.15) is 12.5 Å². The molecule has 0 aliphatic heterocycles. The lowest BCUT2D eigenvalue weighted by Crippen LogP contribution is -2.02. The minimum Gasteiger partial charge on any atom is -0.505 e. The van der Waals surface area contributed by atoms with Crippen molar-refractivity contribution < 1.29 is 24.1 Å². The van der Waals surface area contributed by atoms with Crippen LogP contribution in [0.4, 0.5) is 4.39 Å². The number of aromatic hydroxyl groups is 1. The van der Waals surface area contributed by atoms with Crippen molar-refractivity contribution in [3.63, 3.8) is 0 Å². The molecular weight excluding hydrogens is 341 g/mol. The number of phenols is 1. The molecule has 1 aromatic heterocycles. The Kier molecular flexibility index (Phi) is 4.57. The molecule has 7 nitrogen and oxygen atoms in total. The van der Waals surface area contributed by atoms with Crippen LogP contribution in [0.5, 0.6) is 11.5 Å². The van der Waals surface area contributed by atoms with E-state index in [1.165, 1.54) is 43.1 Å². The van der Waals surface area contributed by atoms with Crippen molar-refractivity contribution in [3.05, 3.63) is 53.4 Å². The standard InChI is InChI=1S/C18H16FN3O4/c1-10(18(24)25)3-4-11-7-13(26-2)9-16(17(11)23)22-20-14-6-5-12(19)8-15(14)21-22/h3,5-9,23H,4H2,1-2H3,(H,24,25)/b10-3+. The first-order valence-electron chi connectivity index (χ1n) is 7.72. The Morgan fingerprint density at radius 1 is 1.27 bits per heavy atom. The number of benzene rings is 2. The number of nitrogens with zero attached hydrogens (tertiary/aromatic N) is 3. The molecule has 0 amide bonds. The third kappa shape index (κ3) is 3.34. The Hall–Kier alpha value is -3.42. The largest absolute Gasteiger partial charge is 0.505 e. The lowest BCUT2D eigenvalue weighted by Gasteiger charge is -2.11. The van der Waals surface area contributed by atoms with Gasteiger partial charge in [-0.25, -0.2) is 9.18 Å². The van der Waals surface area contributed by atoms with Gasteiger partial charge in [-0.2, -0.15) is 0 Å². The Bertz CT molecular complexity index is 1030. The van der Waals surface area contributed by atoms with Crippen molar-refractivity contribution in [1.82, 2.24) is 15.0 Å². The van der Waals surface area contributed by atoms with E-state index in [2.05, 4.69) is 10.2 Å². The van der Waals surface area contributed by atoms with Gasteiger partial charge in [0.05, 0.1) is 7.11 Å². The SMILES string of the molecule is COc1cc(C/C=C(\C)C(=O)O)c(O)c(-n2nc3ccc(F)cc3n2)c1. The van der Waals surface area contributed by atoms with Gasteiger partial charge in [0.2, 0.25) is 0 Å². The minimum atomic E-state index is -1.03. The number of aliphatic carboxylic acids is 1. The highest BCUT2D eigenvalue weighted by molar-refractivity contribution is 5.85. The first-order chi connectivity index (χ1) is 12.4. The summed E-state index contributed by atoms with van der Waals surface area (Å²) in [6.07, 6.45) is 1.67. The van der Waals surface area contributed by atoms with Crippen molar-refractivity contribution in [3.8, 4) is 17.2 Å². The highest BCUT2D eigenvalue weighted by Gasteiger charge is 2.15. The molecule has 0 saturated carbocycles. The number of methoxy groups -OCH3 is 1. The summed E-state index contributed by atoms with van der Waals surface area (Å²) in [7, 11) is 1.47. The number of carbonyl (C=O) groups is 1. The van der Waals surface area contributed by atoms with E-state index in [9.17, 15) is 14.3 Å². The van der Waals surface area contributed by atoms with Gasteiger partial charge in [0.15, 0.2) is 0 Å². The zero-order chi connectivity index (χ0) is 18.8. The number of rotatable bonds is 5. The number of phenolic OH excluding ortho intramolecular Hbond substituents is 1. The van der Waals surface area contributed by atoms with Crippen molar-refractivity contribution in [2.24, 2.45) is 0 Å². The van der Waals surface area contributed by atoms with E-state index in [-0.39, 0.29) is 23.4 Å². The Morgan fingerprint density at radius 3 is 2.69 bits per heavy atom. The Labute approximate surface area is 147 Å². The molecule has 2 N–H and O–H groups in total. The number of allylic oxidation sites excluding steroid dienone is 1. The highest BCUT2D eigenvalue weighted by Crippen LogP contribution is 2.32. The van der Waals surface area contributed by atoms with Gasteiger partial charge in [0.1, 0.15) is 34.0 Å². The minimum absolute atomic E-state index is 0.110. The van der Waals surface area contributed by atoms with Crippen LogP contribution in [0.2, 0.25) is 0 Å². The molecular formula is C18H16FN3O4. The fourth-order valence-corrected chi connectivity index (χ4v) is 2.42. The summed E-state index contributed by atoms with van der Waals surface area (Å²) in [6.45, 7) is 1.47. The Morgan fingerprint density at radius 2 is 2.00 bits per heavy atom. The molecule has 1 heterocycles. The molecule has 0 spiro atoms. The molecule has 0 fully saturated rings. The van der Waals surface area contributed by atoms with Crippen LogP contribution in [-0.4, -0.2) is 38.3 Å². The van der Waals surface area contributed by atoms with Crippen molar-refractivity contribution in [2.45, 2.75) is 13.3 Å². The van der Waals surface area contributed by atoms with Gasteiger partial charge < -0.3 is 14.9 Å². The predicted octanol–water partition coefficient (Wildman–Crippen LogP) is 2.85. The second-order valence-corrected chi connectivity index (χ2v) is 5.67. The topological polar surface area (TPSA) is 97.5 Å². The maximum absolute atomic E-state index is 13.4. The lowest BCUT2D eigenvalue weighted by molar-refractivity contribution is -0.132. The van der Waals surface area contributed by atoms with E-state index in [0.29, 0.717) is 22.3 Å². The number of aromatic nitrogens is 3. The maximum Gasteiger partial charge on any atom is 0.330 e. The van der Waals surface area contributed by atoms with Crippen molar-refractivity contribution >= 4 is 17.0 Å². The summed E-state index contributed by atoms with van der Waals surface area (Å²) in [5, 5.41) is 28.0. The van der Waals surface area contributed by atoms with Crippen LogP contribution in [-0.2, 0) is 11.2 Å². The Balaban J connectivity index is 2.09. The summed E-state index contributed by atoms with van der Waals surface area (Å²) in [4.78, 5) is 12.1. The number of hydrogen-bond acceptors (Lipinski definition) is 5. The molecule has 0 unspecified atom stereocenters. The van der Waals surface area contributed by atoms with Gasteiger partial charge >= 0.3 is 5.97 Å². The zero-order valence-electron chi connectivity index (χ0n) is 14.1. The average Bonchev–Trinajstić information content (AvgIpc) is 3.03. The summed E-state index contributed by atoms with van der Waals surface area (Å²) < 4.78 is 18.6. The summed E-state index contributed by atoms with van der Waals surface area (Å²) in [5.41, 5.74) is 1.67. The number of fused-ring (bicyclic) bond motifs is 1. The molecule has 26 heavy (non-hydrogen) atoms. The molecule has 0 atom stereocenters. The highest BCUT2D eigenvalue weighted by atomic mass is 19.1. The van der Waals surface area contributed by atoms with Crippen LogP contribution < -0.4 is 4.74 Å². The number of hydrogen-bond donors (Lipinski definition) is 2. The maximum atomic E-state index is 13.4. The molecule has 8 heteroatoms. The fraction of sp³-hybridized carbons (Fsp3) is 0.167. The number of halogens is 1. The van der Waals surface area contributed by atoms with Gasteiger partial charge in [0, 0.05) is 23.3 Å². The zero-order valence-corrected chi connectivity index (χ0v) is 14.1. The number of ether oxygens (including phenoxy) is 1. The second-order valence-electron chi connectivity index (χ2n) is 5.67. The van der Waals surface area contributed by atoms with E-state index < -0.39 is 11.8 Å². The van der Waals surface area contributed by atoms with Gasteiger partial charge in [-0.05, 0) is 31.5 Å². The lowest BCUT2D eigenvalue weighted by atomic mass is 10.1. The molecule has 3 aromatic rings. The number of carboxylic acid groups (broad SMARTS) is 1. The van der Waals surface area contributed by atoms with E-state index in [1.807, 2.05) is 0 Å². The smallest absolute Gasteiger partial charge is 0.330 e. The molecule has 134 valence electrons. The molecule has 0 aliphatic carbocycles. The van der Waals surface area contributed by atoms with Crippen molar-refractivity contribution in [1.29, 1.82) is 0 Å². The normalized spacial score (nSPS) is 11.7. The van der Waals surface area contributed by atoms with Gasteiger partial charge in [-0.3, -0.25) is 0 Å². The van der Waals surface area contributed by atoms with Crippen LogP contribution in [0.15, 0.2) is 42.0 Å². The third-order valence-corrected chi connectivity index (χ3v) is 3.90. The molecule has 0 saturated heterocycles. The predicted molar refractivity (Wildman–Crippen MR) is 92.1 cm³/mol. The first kappa shape index (κ1) is 17.4. The molecule has 0 bridgehead atoms. The van der Waals surface area contributed by atoms with Gasteiger partial charge in [0.25, 0.3) is 0 Å². The second kappa shape index (κ2) is 6.83. The van der Waals surface area contributed by atoms with E-state index in [1.54, 1.807) is 12.1 Å². The first-order valence-corrected chi connectivity index (χ1v) is 7.72. The quantitative estimate of drug-likeness (QED) is 0.682. The van der Waals surface area contributed by atoms with Crippen LogP contribution in [0.3, 0.4) is 0 Å². The van der Waals surface area contributed by atoms with E-state index in [0.717, 1.165) is 0 Å². The van der Waals surface area contributed by atoms with Crippen molar-refractivity contribution in [2.75, 3.05) is 7.11 Å². The van der Waals surface area contributed by atoms with Gasteiger partial charge in [-0.1, -0.05) is 6.08 Å². The van der Waals surface area contributed by atoms with Crippen LogP contribution >= 0.6 is 0 Å². The van der Waals surface area contributed by atoms with E-state index >= 15 is 0 Å². The number of carboxylic acids is 1. The average molecular weight is 357 g/mol. The summed E-state index contributed by atoms with van der Waals surface area (Å²) in [5.74, 6) is -1.13. The fourth-order valence-electron chi connectivity index (χ4n) is 2.42. The molecule has 2 aromatic carbocycles. The molecule has 0 radical (unpaired) electrons. The monoisotopic (exact) mass is 357 g/mol. The molecule has 3 rings (SSSR count).